The Kier molecular flexibility index (Phi) is 3.99. The molecular weight excluding hydrogens is 228 g/mol. The fraction of sp³-hybridized carbons (Fsp3) is 0.500. The van der Waals surface area contributed by atoms with Gasteiger partial charge in [-0.2, -0.15) is 0 Å². The van der Waals surface area contributed by atoms with Crippen molar-refractivity contribution in [1.29, 1.82) is 0 Å². The third kappa shape index (κ3) is 2.40. The van der Waals surface area contributed by atoms with Gasteiger partial charge in [-0.15, -0.1) is 0 Å². The van der Waals surface area contributed by atoms with Crippen LogP contribution in [0.4, 0.5) is 5.69 Å². The molecule has 1 heterocycles. The Morgan fingerprint density at radius 1 is 1.50 bits per heavy atom. The summed E-state index contributed by atoms with van der Waals surface area (Å²) < 4.78 is 5.13. The van der Waals surface area contributed by atoms with Crippen molar-refractivity contribution < 1.29 is 9.53 Å². The summed E-state index contributed by atoms with van der Waals surface area (Å²) in [6.45, 7) is 2.48. The highest BCUT2D eigenvalue weighted by atomic mass is 16.5. The summed E-state index contributed by atoms with van der Waals surface area (Å²) in [5.74, 6) is -0.000880. The number of methoxy groups -OCH3 is 1. The molecule has 0 bridgehead atoms. The lowest BCUT2D eigenvalue weighted by Gasteiger charge is -2.25. The smallest absolute Gasteiger partial charge is 0.255 e. The van der Waals surface area contributed by atoms with Crippen molar-refractivity contribution in [2.75, 3.05) is 18.6 Å². The van der Waals surface area contributed by atoms with E-state index in [1.807, 2.05) is 24.3 Å². The van der Waals surface area contributed by atoms with E-state index in [1.54, 1.807) is 18.9 Å². The van der Waals surface area contributed by atoms with Crippen molar-refractivity contribution in [3.63, 3.8) is 0 Å². The Morgan fingerprint density at radius 3 is 2.94 bits per heavy atom. The number of para-hydroxylation sites is 1. The summed E-state index contributed by atoms with van der Waals surface area (Å²) in [6.07, 6.45) is 1.40. The maximum Gasteiger partial charge on any atom is 0.255 e. The van der Waals surface area contributed by atoms with Gasteiger partial charge in [-0.05, 0) is 31.4 Å². The molecule has 0 radical (unpaired) electrons. The van der Waals surface area contributed by atoms with Gasteiger partial charge in [-0.3, -0.25) is 4.79 Å². The Hall–Kier alpha value is -1.39. The number of anilines is 1. The summed E-state index contributed by atoms with van der Waals surface area (Å²) in [7, 11) is 1.55. The van der Waals surface area contributed by atoms with Crippen molar-refractivity contribution in [3.8, 4) is 0 Å². The van der Waals surface area contributed by atoms with E-state index < -0.39 is 6.10 Å². The van der Waals surface area contributed by atoms with Crippen LogP contribution in [0.3, 0.4) is 0 Å². The Morgan fingerprint density at radius 2 is 2.22 bits per heavy atom. The molecule has 2 unspecified atom stereocenters. The van der Waals surface area contributed by atoms with Crippen LogP contribution in [0.15, 0.2) is 24.3 Å². The molecule has 0 aromatic heterocycles. The van der Waals surface area contributed by atoms with Gasteiger partial charge in [0.05, 0.1) is 0 Å². The lowest BCUT2D eigenvalue weighted by atomic mass is 10.0. The van der Waals surface area contributed by atoms with Gasteiger partial charge in [-0.1, -0.05) is 18.2 Å². The van der Waals surface area contributed by atoms with Gasteiger partial charge >= 0.3 is 0 Å². The van der Waals surface area contributed by atoms with E-state index in [2.05, 4.69) is 0 Å². The molecule has 0 spiro atoms. The van der Waals surface area contributed by atoms with Crippen LogP contribution in [-0.4, -0.2) is 25.7 Å². The highest BCUT2D eigenvalue weighted by molar-refractivity contribution is 5.97. The number of hydrogen-bond donors (Lipinski definition) is 1. The van der Waals surface area contributed by atoms with E-state index in [-0.39, 0.29) is 11.9 Å². The van der Waals surface area contributed by atoms with Crippen LogP contribution in [0.25, 0.3) is 0 Å². The number of amides is 1. The zero-order valence-electron chi connectivity index (χ0n) is 10.9. The van der Waals surface area contributed by atoms with Crippen molar-refractivity contribution in [2.45, 2.75) is 31.9 Å². The molecule has 2 rings (SSSR count). The minimum Gasteiger partial charge on any atom is -0.372 e. The standard InChI is InChI=1S/C14H20N2O2/c1-10(18-2)14(17)16-9-5-7-12(15)11-6-3-4-8-13(11)16/h3-4,6,8,10,12H,5,7,9,15H2,1-2H3. The van der Waals surface area contributed by atoms with Gasteiger partial charge in [0.1, 0.15) is 6.10 Å². The SMILES string of the molecule is COC(C)C(=O)N1CCCC(N)c2ccccc21. The normalized spacial score (nSPS) is 21.1. The minimum absolute atomic E-state index is 0.000880. The van der Waals surface area contributed by atoms with E-state index >= 15 is 0 Å². The van der Waals surface area contributed by atoms with Gasteiger partial charge in [0, 0.05) is 25.4 Å². The van der Waals surface area contributed by atoms with E-state index in [4.69, 9.17) is 10.5 Å². The van der Waals surface area contributed by atoms with Gasteiger partial charge in [0.15, 0.2) is 0 Å². The van der Waals surface area contributed by atoms with Crippen LogP contribution >= 0.6 is 0 Å². The highest BCUT2D eigenvalue weighted by Gasteiger charge is 2.27. The Labute approximate surface area is 108 Å². The molecule has 4 heteroatoms. The average molecular weight is 248 g/mol. The van der Waals surface area contributed by atoms with Gasteiger partial charge in [-0.25, -0.2) is 0 Å². The second-order valence-electron chi connectivity index (χ2n) is 4.68. The molecule has 98 valence electrons. The molecule has 0 aliphatic carbocycles. The first-order valence-corrected chi connectivity index (χ1v) is 6.34. The predicted molar refractivity (Wildman–Crippen MR) is 71.4 cm³/mol. The minimum atomic E-state index is -0.424. The van der Waals surface area contributed by atoms with Crippen molar-refractivity contribution in [1.82, 2.24) is 0 Å². The zero-order chi connectivity index (χ0) is 13.1. The largest absolute Gasteiger partial charge is 0.372 e. The van der Waals surface area contributed by atoms with E-state index in [0.717, 1.165) is 24.1 Å². The molecule has 0 saturated heterocycles. The summed E-state index contributed by atoms with van der Waals surface area (Å²) in [5, 5.41) is 0. The first-order chi connectivity index (χ1) is 8.65. The number of benzene rings is 1. The van der Waals surface area contributed by atoms with Gasteiger partial charge < -0.3 is 15.4 Å². The average Bonchev–Trinajstić information content (AvgIpc) is 2.57. The van der Waals surface area contributed by atoms with Crippen molar-refractivity contribution >= 4 is 11.6 Å². The molecule has 2 atom stereocenters. The third-order valence-electron chi connectivity index (χ3n) is 3.49. The van der Waals surface area contributed by atoms with Crippen molar-refractivity contribution in [3.05, 3.63) is 29.8 Å². The molecule has 1 aromatic carbocycles. The molecule has 0 saturated carbocycles. The van der Waals surface area contributed by atoms with Gasteiger partial charge in [0.2, 0.25) is 0 Å². The quantitative estimate of drug-likeness (QED) is 0.869. The molecule has 0 fully saturated rings. The maximum absolute atomic E-state index is 12.3. The second-order valence-corrected chi connectivity index (χ2v) is 4.68. The van der Waals surface area contributed by atoms with E-state index in [1.165, 1.54) is 0 Å². The van der Waals surface area contributed by atoms with E-state index in [0.29, 0.717) is 6.54 Å². The van der Waals surface area contributed by atoms with Crippen LogP contribution in [0.5, 0.6) is 0 Å². The number of nitrogens with two attached hydrogens (primary N) is 1. The number of fused-ring (bicyclic) bond motifs is 1. The zero-order valence-corrected chi connectivity index (χ0v) is 10.9. The first kappa shape index (κ1) is 13.1. The van der Waals surface area contributed by atoms with Crippen LogP contribution in [0, 0.1) is 0 Å². The number of carbonyl (C=O) groups excluding carboxylic acids is 1. The van der Waals surface area contributed by atoms with Crippen LogP contribution in [-0.2, 0) is 9.53 Å². The number of nitrogens with zero attached hydrogens (tertiary/aromatic N) is 1. The summed E-state index contributed by atoms with van der Waals surface area (Å²) in [4.78, 5) is 14.1. The lowest BCUT2D eigenvalue weighted by molar-refractivity contribution is -0.127. The molecule has 1 amide bonds. The third-order valence-corrected chi connectivity index (χ3v) is 3.49. The maximum atomic E-state index is 12.3. The fourth-order valence-corrected chi connectivity index (χ4v) is 2.34. The summed E-state index contributed by atoms with van der Waals surface area (Å²) in [6, 6.07) is 7.88. The summed E-state index contributed by atoms with van der Waals surface area (Å²) in [5.41, 5.74) is 8.12. The molecule has 2 N–H and O–H groups in total. The number of hydrogen-bond acceptors (Lipinski definition) is 3. The second kappa shape index (κ2) is 5.50. The van der Waals surface area contributed by atoms with Gasteiger partial charge in [0.25, 0.3) is 5.91 Å². The van der Waals surface area contributed by atoms with Crippen LogP contribution in [0.2, 0.25) is 0 Å². The Balaban J connectivity index is 2.37. The molecule has 1 aromatic rings. The molecule has 4 nitrogen and oxygen atoms in total. The monoisotopic (exact) mass is 248 g/mol. The van der Waals surface area contributed by atoms with Crippen molar-refractivity contribution in [2.24, 2.45) is 5.73 Å². The fourth-order valence-electron chi connectivity index (χ4n) is 2.34. The lowest BCUT2D eigenvalue weighted by Crippen LogP contribution is -2.39. The van der Waals surface area contributed by atoms with Crippen LogP contribution < -0.4 is 10.6 Å². The number of rotatable bonds is 2. The van der Waals surface area contributed by atoms with E-state index in [9.17, 15) is 4.79 Å². The molecule has 1 aliphatic rings. The number of carbonyl (C=O) groups is 1. The number of ether oxygens (including phenoxy) is 1. The highest BCUT2D eigenvalue weighted by Crippen LogP contribution is 2.31. The molecular formula is C14H20N2O2. The Bertz CT molecular complexity index is 434. The first-order valence-electron chi connectivity index (χ1n) is 6.34. The molecule has 1 aliphatic heterocycles. The van der Waals surface area contributed by atoms with Crippen LogP contribution in [0.1, 0.15) is 31.4 Å². The predicted octanol–water partition coefficient (Wildman–Crippen LogP) is 1.85. The molecule has 18 heavy (non-hydrogen) atoms. The summed E-state index contributed by atoms with van der Waals surface area (Å²) >= 11 is 0. The topological polar surface area (TPSA) is 55.6 Å².